The summed E-state index contributed by atoms with van der Waals surface area (Å²) in [5.41, 5.74) is 0. The molecule has 364 valence electrons. The first kappa shape index (κ1) is 59.1. The lowest BCUT2D eigenvalue weighted by atomic mass is 10.7. The van der Waals surface area contributed by atoms with Crippen LogP contribution in [-0.2, 0) is 0 Å². The SMILES string of the molecule is c1c[nH]cn1.c1cc[nH]c1.c1cc[nH]c1.c1ccoc1.c1ccoc1.c1ccsc1.c1ccsc1.c1cn[nH]c1.c1cn[nH]c1.c1cnoc1.c1cnoc1.c1cnsc1.c1cnsc1.c1cocn1. The van der Waals surface area contributed by atoms with Crippen LogP contribution in [-0.4, -0.2) is 64.4 Å². The summed E-state index contributed by atoms with van der Waals surface area (Å²) in [6.45, 7) is 0. The highest BCUT2D eigenvalue weighted by atomic mass is 32.1. The van der Waals surface area contributed by atoms with Crippen molar-refractivity contribution in [2.45, 2.75) is 0 Å². The zero-order valence-corrected chi connectivity index (χ0v) is 40.7. The molecule has 14 rings (SSSR count). The second kappa shape index (κ2) is 56.2. The average Bonchev–Trinajstić information content (AvgIpc) is 4.33. The lowest BCUT2D eigenvalue weighted by molar-refractivity contribution is 0.419. The number of thiophene rings is 2. The third-order valence-electron chi connectivity index (χ3n) is 5.65. The number of rotatable bonds is 0. The van der Waals surface area contributed by atoms with Crippen molar-refractivity contribution < 1.29 is 22.3 Å². The molecule has 0 bridgehead atoms. The first-order chi connectivity index (χ1) is 35.0. The predicted molar refractivity (Wildman–Crippen MR) is 277 cm³/mol. The van der Waals surface area contributed by atoms with E-state index in [9.17, 15) is 0 Å². The van der Waals surface area contributed by atoms with E-state index < -0.39 is 0 Å². The molecule has 22 heteroatoms. The lowest BCUT2D eigenvalue weighted by Gasteiger charge is -1.50. The molecule has 14 aromatic rings. The Kier molecular flexibility index (Phi) is 47.4. The average molecular weight is 1020 g/mol. The highest BCUT2D eigenvalue weighted by Crippen LogP contribution is 1.92. The number of nitrogens with zero attached hydrogens (tertiary/aromatic N) is 8. The molecular formula is C48H53N13O5S4. The van der Waals surface area contributed by atoms with E-state index in [0.717, 1.165) is 0 Å². The van der Waals surface area contributed by atoms with E-state index >= 15 is 0 Å². The van der Waals surface area contributed by atoms with Gasteiger partial charge in [-0.15, -0.1) is 0 Å². The van der Waals surface area contributed by atoms with Gasteiger partial charge in [-0.2, -0.15) is 32.9 Å². The van der Waals surface area contributed by atoms with E-state index in [-0.39, 0.29) is 0 Å². The van der Waals surface area contributed by atoms with Gasteiger partial charge in [0.25, 0.3) is 0 Å². The molecule has 0 saturated heterocycles. The zero-order valence-electron chi connectivity index (χ0n) is 37.5. The molecular weight excluding hydrogens is 967 g/mol. The molecule has 0 aliphatic rings. The quantitative estimate of drug-likeness (QED) is 0.0949. The molecule has 0 aliphatic carbocycles. The summed E-state index contributed by atoms with van der Waals surface area (Å²) in [5, 5.41) is 31.1. The van der Waals surface area contributed by atoms with Crippen LogP contribution in [0.3, 0.4) is 0 Å². The lowest BCUT2D eigenvalue weighted by Crippen LogP contribution is -1.53. The van der Waals surface area contributed by atoms with Crippen molar-refractivity contribution in [3.05, 3.63) is 291 Å². The third kappa shape index (κ3) is 53.4. The van der Waals surface area contributed by atoms with Crippen LogP contribution in [0.1, 0.15) is 0 Å². The van der Waals surface area contributed by atoms with Crippen LogP contribution in [0.2, 0.25) is 0 Å². The van der Waals surface area contributed by atoms with Gasteiger partial charge in [0.2, 0.25) is 0 Å². The van der Waals surface area contributed by atoms with Crippen molar-refractivity contribution in [2.24, 2.45) is 0 Å². The molecule has 0 atom stereocenters. The van der Waals surface area contributed by atoms with Crippen LogP contribution in [0, 0.1) is 0 Å². The normalized spacial score (nSPS) is 8.00. The highest BCUT2D eigenvalue weighted by molar-refractivity contribution is 7.08. The molecule has 0 amide bonds. The van der Waals surface area contributed by atoms with Gasteiger partial charge in [0.15, 0.2) is 6.39 Å². The molecule has 70 heavy (non-hydrogen) atoms. The third-order valence-corrected chi connectivity index (χ3v) is 7.95. The number of oxazole rings is 1. The number of imidazole rings is 1. The minimum Gasteiger partial charge on any atom is -0.473 e. The Balaban J connectivity index is 0.000000377. The molecule has 0 radical (unpaired) electrons. The summed E-state index contributed by atoms with van der Waals surface area (Å²) in [7, 11) is 0. The fourth-order valence-electron chi connectivity index (χ4n) is 2.99. The number of nitrogens with one attached hydrogen (secondary N) is 5. The first-order valence-corrected chi connectivity index (χ1v) is 23.6. The van der Waals surface area contributed by atoms with E-state index in [1.54, 1.807) is 134 Å². The minimum atomic E-state index is 1.38. The number of furan rings is 2. The smallest absolute Gasteiger partial charge is 0.180 e. The van der Waals surface area contributed by atoms with E-state index in [1.807, 2.05) is 154 Å². The van der Waals surface area contributed by atoms with Crippen LogP contribution >= 0.6 is 45.7 Å². The number of aromatic nitrogens is 13. The molecule has 0 aliphatic heterocycles. The van der Waals surface area contributed by atoms with Crippen LogP contribution in [0.4, 0.5) is 0 Å². The summed E-state index contributed by atoms with van der Waals surface area (Å²) in [5.74, 6) is 0. The Morgan fingerprint density at radius 2 is 0.800 bits per heavy atom. The Bertz CT molecular complexity index is 1580. The fourth-order valence-corrected chi connectivity index (χ4v) is 4.60. The van der Waals surface area contributed by atoms with Crippen molar-refractivity contribution >= 4 is 45.7 Å². The van der Waals surface area contributed by atoms with Gasteiger partial charge >= 0.3 is 0 Å². The molecule has 14 heterocycles. The topological polar surface area (TPSA) is 248 Å². The van der Waals surface area contributed by atoms with Gasteiger partial charge in [0.05, 0.1) is 50.0 Å². The summed E-state index contributed by atoms with van der Waals surface area (Å²) < 4.78 is 29.8. The molecule has 0 fully saturated rings. The Hall–Kier alpha value is -8.96. The summed E-state index contributed by atoms with van der Waals surface area (Å²) in [4.78, 5) is 15.7. The maximum Gasteiger partial charge on any atom is 0.180 e. The second-order valence-electron chi connectivity index (χ2n) is 10.7. The van der Waals surface area contributed by atoms with Gasteiger partial charge in [-0.25, -0.2) is 18.7 Å². The fraction of sp³-hybridized carbons (Fsp3) is 0. The monoisotopic (exact) mass is 1020 g/mol. The van der Waals surface area contributed by atoms with Crippen LogP contribution in [0.5, 0.6) is 0 Å². The maximum atomic E-state index is 4.58. The molecule has 0 unspecified atom stereocenters. The van der Waals surface area contributed by atoms with E-state index in [4.69, 9.17) is 0 Å². The number of hydrogen-bond acceptors (Lipinski definition) is 17. The zero-order chi connectivity index (χ0) is 49.5. The highest BCUT2D eigenvalue weighted by Gasteiger charge is 1.65. The van der Waals surface area contributed by atoms with Crippen LogP contribution < -0.4 is 0 Å². The van der Waals surface area contributed by atoms with Crippen molar-refractivity contribution in [1.82, 2.24) is 64.4 Å². The van der Waals surface area contributed by atoms with Gasteiger partial charge in [-0.05, 0) is 130 Å². The van der Waals surface area contributed by atoms with Gasteiger partial charge < -0.3 is 37.2 Å². The van der Waals surface area contributed by atoms with Crippen LogP contribution in [0.15, 0.2) is 313 Å². The van der Waals surface area contributed by atoms with E-state index in [0.29, 0.717) is 0 Å². The number of hydrogen-bond donors (Lipinski definition) is 5. The number of aromatic amines is 5. The molecule has 14 aromatic heterocycles. The Morgan fingerprint density at radius 3 is 0.914 bits per heavy atom. The molecule has 0 spiro atoms. The van der Waals surface area contributed by atoms with E-state index in [1.165, 1.54) is 48.2 Å². The van der Waals surface area contributed by atoms with Crippen molar-refractivity contribution in [3.8, 4) is 0 Å². The van der Waals surface area contributed by atoms with Crippen molar-refractivity contribution in [2.75, 3.05) is 0 Å². The second-order valence-corrected chi connectivity index (χ2v) is 13.7. The predicted octanol–water partition coefficient (Wildman–Crippen LogP) is 13.6. The molecule has 0 aromatic carbocycles. The van der Waals surface area contributed by atoms with Gasteiger partial charge in [0.1, 0.15) is 18.8 Å². The van der Waals surface area contributed by atoms with Gasteiger partial charge in [0, 0.05) is 85.1 Å². The minimum absolute atomic E-state index is 1.38. The molecule has 5 N–H and O–H groups in total. The van der Waals surface area contributed by atoms with E-state index in [2.05, 4.69) is 86.7 Å². The van der Waals surface area contributed by atoms with Gasteiger partial charge in [-0.3, -0.25) is 10.2 Å². The summed E-state index contributed by atoms with van der Waals surface area (Å²) in [6, 6.07) is 34.1. The first-order valence-electron chi connectivity index (χ1n) is 20.0. The van der Waals surface area contributed by atoms with Crippen molar-refractivity contribution in [1.29, 1.82) is 0 Å². The Morgan fingerprint density at radius 1 is 0.314 bits per heavy atom. The summed E-state index contributed by atoms with van der Waals surface area (Å²) in [6.07, 6.45) is 40.2. The molecule has 0 saturated carbocycles. The molecule has 18 nitrogen and oxygen atoms in total. The van der Waals surface area contributed by atoms with Crippen molar-refractivity contribution in [3.63, 3.8) is 0 Å². The standard InChI is InChI=1S/2C4H5N.2C4H4O.2C4H4S.3C3H4N2.3C3H3NO.2C3H3NS/c6*1-2-4-5-3-1;1-2-5-3-4-1;2*1-2-4-5-3-1;1-2-5-3-4-1;4*1-2-4-5-3-1/h2*1-5H;4*1-4H;3*1-3H,(H,4,5);5*1-3H. The largest absolute Gasteiger partial charge is 0.473 e. The number of H-pyrrole nitrogens is 5. The summed E-state index contributed by atoms with van der Waals surface area (Å²) >= 11 is 6.35. The maximum absolute atomic E-state index is 4.58. The van der Waals surface area contributed by atoms with Gasteiger partial charge in [-0.1, -0.05) is 34.6 Å². The Labute approximate surface area is 421 Å². The van der Waals surface area contributed by atoms with Crippen LogP contribution in [0.25, 0.3) is 0 Å².